The number of piperidine rings is 1. The fourth-order valence-electron chi connectivity index (χ4n) is 3.99. The molecule has 7 heteroatoms. The maximum absolute atomic E-state index is 13.1. The van der Waals surface area contributed by atoms with Crippen molar-refractivity contribution in [2.45, 2.75) is 30.4 Å². The van der Waals surface area contributed by atoms with Crippen LogP contribution in [0.4, 0.5) is 10.5 Å². The van der Waals surface area contributed by atoms with Gasteiger partial charge in [-0.1, -0.05) is 23.8 Å². The quantitative estimate of drug-likeness (QED) is 0.452. The van der Waals surface area contributed by atoms with Crippen molar-refractivity contribution in [3.63, 3.8) is 0 Å². The molecular weight excluding hydrogens is 444 g/mol. The lowest BCUT2D eigenvalue weighted by Gasteiger charge is -2.33. The number of benzene rings is 2. The molecule has 1 unspecified atom stereocenters. The lowest BCUT2D eigenvalue weighted by molar-refractivity contribution is 0.0675. The minimum atomic E-state index is -0.216. The molecule has 0 saturated carbocycles. The fourth-order valence-corrected chi connectivity index (χ4v) is 4.82. The first-order valence-electron chi connectivity index (χ1n) is 11.6. The molecule has 6 nitrogen and oxygen atoms in total. The highest BCUT2D eigenvalue weighted by atomic mass is 32.2. The number of hydrogen-bond donors (Lipinski definition) is 2. The highest BCUT2D eigenvalue weighted by Crippen LogP contribution is 2.24. The van der Waals surface area contributed by atoms with E-state index in [1.807, 2.05) is 72.6 Å². The summed E-state index contributed by atoms with van der Waals surface area (Å²) in [5.41, 5.74) is 3.80. The van der Waals surface area contributed by atoms with Crippen LogP contribution in [0.15, 0.2) is 78.0 Å². The highest BCUT2D eigenvalue weighted by molar-refractivity contribution is 7.98. The van der Waals surface area contributed by atoms with Crippen molar-refractivity contribution < 1.29 is 9.59 Å². The van der Waals surface area contributed by atoms with Crippen LogP contribution >= 0.6 is 11.8 Å². The van der Waals surface area contributed by atoms with Gasteiger partial charge in [0, 0.05) is 53.9 Å². The molecular formula is C27H30N4O2S. The molecule has 176 valence electrons. The van der Waals surface area contributed by atoms with Crippen LogP contribution in [-0.4, -0.2) is 41.5 Å². The summed E-state index contributed by atoms with van der Waals surface area (Å²) in [6.45, 7) is 3.96. The van der Waals surface area contributed by atoms with E-state index in [0.717, 1.165) is 41.3 Å². The molecule has 1 atom stereocenters. The molecule has 2 heterocycles. The second kappa shape index (κ2) is 11.7. The number of pyridine rings is 1. The van der Waals surface area contributed by atoms with E-state index in [-0.39, 0.29) is 17.9 Å². The first kappa shape index (κ1) is 23.8. The van der Waals surface area contributed by atoms with Crippen LogP contribution in [0.2, 0.25) is 0 Å². The molecule has 2 N–H and O–H groups in total. The summed E-state index contributed by atoms with van der Waals surface area (Å²) in [6.07, 6.45) is 5.59. The lowest BCUT2D eigenvalue weighted by Crippen LogP contribution is -2.44. The maximum Gasteiger partial charge on any atom is 0.319 e. The van der Waals surface area contributed by atoms with Crippen LogP contribution in [-0.2, 0) is 5.75 Å². The second-order valence-electron chi connectivity index (χ2n) is 8.63. The second-order valence-corrected chi connectivity index (χ2v) is 9.68. The molecule has 1 aromatic heterocycles. The molecule has 2 aromatic carbocycles. The minimum absolute atomic E-state index is 0.0533. The molecule has 0 spiro atoms. The predicted octanol–water partition coefficient (Wildman–Crippen LogP) is 5.36. The first-order chi connectivity index (χ1) is 16.6. The number of hydrogen-bond acceptors (Lipinski definition) is 4. The molecule has 1 aliphatic heterocycles. The van der Waals surface area contributed by atoms with Gasteiger partial charge in [-0.25, -0.2) is 4.79 Å². The summed E-state index contributed by atoms with van der Waals surface area (Å²) in [5.74, 6) is 1.15. The number of thioether (sulfide) groups is 1. The SMILES string of the molecule is Cc1ccc(NC(=O)NCC2CCCN(C(=O)c3ccc(SCc4cccnc4)cc3)C2)cc1. The van der Waals surface area contributed by atoms with Gasteiger partial charge in [0.15, 0.2) is 0 Å². The predicted molar refractivity (Wildman–Crippen MR) is 137 cm³/mol. The van der Waals surface area contributed by atoms with E-state index < -0.39 is 0 Å². The number of urea groups is 1. The fraction of sp³-hybridized carbons (Fsp3) is 0.296. The van der Waals surface area contributed by atoms with E-state index in [1.54, 1.807) is 18.0 Å². The summed E-state index contributed by atoms with van der Waals surface area (Å²) in [6, 6.07) is 19.3. The molecule has 0 bridgehead atoms. The van der Waals surface area contributed by atoms with Gasteiger partial charge in [0.25, 0.3) is 5.91 Å². The van der Waals surface area contributed by atoms with Crippen molar-refractivity contribution >= 4 is 29.4 Å². The summed E-state index contributed by atoms with van der Waals surface area (Å²) in [5, 5.41) is 5.81. The maximum atomic E-state index is 13.1. The van der Waals surface area contributed by atoms with Gasteiger partial charge in [0.2, 0.25) is 0 Å². The average Bonchev–Trinajstić information content (AvgIpc) is 2.88. The van der Waals surface area contributed by atoms with Crippen molar-refractivity contribution in [1.82, 2.24) is 15.2 Å². The normalized spacial score (nSPS) is 15.6. The van der Waals surface area contributed by atoms with Crippen molar-refractivity contribution in [2.75, 3.05) is 25.0 Å². The molecule has 4 rings (SSSR count). The minimum Gasteiger partial charge on any atom is -0.338 e. The Kier molecular flexibility index (Phi) is 8.20. The van der Waals surface area contributed by atoms with E-state index in [1.165, 1.54) is 5.56 Å². The summed E-state index contributed by atoms with van der Waals surface area (Å²) < 4.78 is 0. The lowest BCUT2D eigenvalue weighted by atomic mass is 9.97. The summed E-state index contributed by atoms with van der Waals surface area (Å²) in [4.78, 5) is 32.5. The zero-order valence-electron chi connectivity index (χ0n) is 19.4. The van der Waals surface area contributed by atoms with Gasteiger partial charge in [0.1, 0.15) is 0 Å². The van der Waals surface area contributed by atoms with E-state index in [9.17, 15) is 9.59 Å². The van der Waals surface area contributed by atoms with Crippen molar-refractivity contribution in [3.8, 4) is 0 Å². The number of carbonyl (C=O) groups is 2. The van der Waals surface area contributed by atoms with Crippen LogP contribution < -0.4 is 10.6 Å². The number of likely N-dealkylation sites (tertiary alicyclic amines) is 1. The number of rotatable bonds is 7. The Balaban J connectivity index is 1.24. The Morgan fingerprint density at radius 2 is 1.88 bits per heavy atom. The molecule has 0 radical (unpaired) electrons. The average molecular weight is 475 g/mol. The number of amides is 3. The van der Waals surface area contributed by atoms with E-state index in [0.29, 0.717) is 18.7 Å². The van der Waals surface area contributed by atoms with E-state index >= 15 is 0 Å². The van der Waals surface area contributed by atoms with Gasteiger partial charge >= 0.3 is 6.03 Å². The largest absolute Gasteiger partial charge is 0.338 e. The zero-order chi connectivity index (χ0) is 23.8. The van der Waals surface area contributed by atoms with Crippen molar-refractivity contribution in [2.24, 2.45) is 5.92 Å². The van der Waals surface area contributed by atoms with E-state index in [4.69, 9.17) is 0 Å². The smallest absolute Gasteiger partial charge is 0.319 e. The van der Waals surface area contributed by atoms with Crippen LogP contribution in [0.1, 0.15) is 34.3 Å². The Bertz CT molecular complexity index is 1090. The van der Waals surface area contributed by atoms with E-state index in [2.05, 4.69) is 21.7 Å². The van der Waals surface area contributed by atoms with Crippen LogP contribution in [0.5, 0.6) is 0 Å². The molecule has 0 aliphatic carbocycles. The Labute approximate surface area is 205 Å². The molecule has 3 aromatic rings. The third-order valence-electron chi connectivity index (χ3n) is 5.90. The third kappa shape index (κ3) is 6.84. The Hall–Kier alpha value is -3.32. The number of anilines is 1. The standard InChI is InChI=1S/C27H30N4O2S/c1-20-6-10-24(11-7-20)30-27(33)29-17-21-5-3-15-31(18-21)26(32)23-8-12-25(13-9-23)34-19-22-4-2-14-28-16-22/h2,4,6-14,16,21H,3,5,15,17-19H2,1H3,(H2,29,30,33). The topological polar surface area (TPSA) is 74.3 Å². The number of aromatic nitrogens is 1. The number of carbonyl (C=O) groups excluding carboxylic acids is 2. The Morgan fingerprint density at radius 3 is 2.62 bits per heavy atom. The van der Waals surface area contributed by atoms with Crippen molar-refractivity contribution in [1.29, 1.82) is 0 Å². The van der Waals surface area contributed by atoms with Gasteiger partial charge in [-0.05, 0) is 73.7 Å². The van der Waals surface area contributed by atoms with Crippen LogP contribution in [0.3, 0.4) is 0 Å². The van der Waals surface area contributed by atoms with Gasteiger partial charge in [-0.15, -0.1) is 11.8 Å². The zero-order valence-corrected chi connectivity index (χ0v) is 20.2. The third-order valence-corrected chi connectivity index (χ3v) is 6.98. The van der Waals surface area contributed by atoms with Gasteiger partial charge in [-0.3, -0.25) is 9.78 Å². The molecule has 3 amide bonds. The van der Waals surface area contributed by atoms with Crippen LogP contribution in [0.25, 0.3) is 0 Å². The number of nitrogens with zero attached hydrogens (tertiary/aromatic N) is 2. The Morgan fingerprint density at radius 1 is 1.09 bits per heavy atom. The first-order valence-corrected chi connectivity index (χ1v) is 12.6. The van der Waals surface area contributed by atoms with Crippen molar-refractivity contribution in [3.05, 3.63) is 89.7 Å². The summed E-state index contributed by atoms with van der Waals surface area (Å²) in [7, 11) is 0. The van der Waals surface area contributed by atoms with Crippen LogP contribution in [0, 0.1) is 12.8 Å². The number of nitrogens with one attached hydrogen (secondary N) is 2. The monoisotopic (exact) mass is 474 g/mol. The molecule has 34 heavy (non-hydrogen) atoms. The molecule has 1 aliphatic rings. The summed E-state index contributed by atoms with van der Waals surface area (Å²) >= 11 is 1.73. The molecule has 1 saturated heterocycles. The van der Waals surface area contributed by atoms with Gasteiger partial charge < -0.3 is 15.5 Å². The molecule has 1 fully saturated rings. The highest BCUT2D eigenvalue weighted by Gasteiger charge is 2.24. The van der Waals surface area contributed by atoms with Gasteiger partial charge in [-0.2, -0.15) is 0 Å². The number of aryl methyl sites for hydroxylation is 1. The van der Waals surface area contributed by atoms with Gasteiger partial charge in [0.05, 0.1) is 0 Å².